The second kappa shape index (κ2) is 6.39. The molecule has 0 saturated heterocycles. The van der Waals surface area contributed by atoms with Crippen LogP contribution in [0.3, 0.4) is 0 Å². The highest BCUT2D eigenvalue weighted by Crippen LogP contribution is 2.23. The van der Waals surface area contributed by atoms with Gasteiger partial charge in [-0.15, -0.1) is 0 Å². The smallest absolute Gasteiger partial charge is 0.252 e. The van der Waals surface area contributed by atoms with E-state index in [0.717, 1.165) is 22.2 Å². The van der Waals surface area contributed by atoms with E-state index in [1.807, 2.05) is 45.0 Å². The second-order valence-corrected chi connectivity index (χ2v) is 5.90. The molecule has 1 aromatic carbocycles. The molecule has 24 heavy (non-hydrogen) atoms. The highest BCUT2D eigenvalue weighted by Gasteiger charge is 2.21. The van der Waals surface area contributed by atoms with Gasteiger partial charge in [-0.05, 0) is 38.8 Å². The zero-order valence-electron chi connectivity index (χ0n) is 14.3. The third kappa shape index (κ3) is 2.99. The molecule has 0 radical (unpaired) electrons. The van der Waals surface area contributed by atoms with Gasteiger partial charge in [-0.3, -0.25) is 9.78 Å². The van der Waals surface area contributed by atoms with Gasteiger partial charge in [0.25, 0.3) is 5.91 Å². The van der Waals surface area contributed by atoms with Crippen molar-refractivity contribution in [2.45, 2.75) is 40.2 Å². The predicted octanol–water partition coefficient (Wildman–Crippen LogP) is 3.42. The van der Waals surface area contributed by atoms with Crippen molar-refractivity contribution in [3.8, 4) is 0 Å². The number of pyridine rings is 1. The molecule has 0 bridgehead atoms. The fraction of sp³-hybridized carbons (Fsp3) is 0.333. The van der Waals surface area contributed by atoms with E-state index in [2.05, 4.69) is 20.4 Å². The van der Waals surface area contributed by atoms with Crippen molar-refractivity contribution in [3.05, 3.63) is 52.8 Å². The van der Waals surface area contributed by atoms with Crippen molar-refractivity contribution in [2.75, 3.05) is 0 Å². The van der Waals surface area contributed by atoms with Crippen LogP contribution < -0.4 is 5.32 Å². The van der Waals surface area contributed by atoms with E-state index in [1.54, 1.807) is 6.92 Å². The van der Waals surface area contributed by atoms with Crippen LogP contribution in [0.4, 0.5) is 0 Å². The van der Waals surface area contributed by atoms with Gasteiger partial charge in [0.2, 0.25) is 5.89 Å². The van der Waals surface area contributed by atoms with Crippen molar-refractivity contribution in [2.24, 2.45) is 0 Å². The predicted molar refractivity (Wildman–Crippen MR) is 90.8 cm³/mol. The van der Waals surface area contributed by atoms with E-state index in [4.69, 9.17) is 4.52 Å². The van der Waals surface area contributed by atoms with Crippen LogP contribution in [0.25, 0.3) is 10.9 Å². The van der Waals surface area contributed by atoms with Crippen LogP contribution in [-0.2, 0) is 0 Å². The lowest BCUT2D eigenvalue weighted by molar-refractivity contribution is 0.0928. The van der Waals surface area contributed by atoms with Crippen LogP contribution in [0, 0.1) is 20.8 Å². The maximum Gasteiger partial charge on any atom is 0.252 e. The Morgan fingerprint density at radius 2 is 2.04 bits per heavy atom. The number of hydrogen-bond acceptors (Lipinski definition) is 5. The number of benzene rings is 1. The van der Waals surface area contributed by atoms with Crippen molar-refractivity contribution < 1.29 is 9.32 Å². The number of carbonyl (C=O) groups excluding carboxylic acids is 1. The molecule has 6 nitrogen and oxygen atoms in total. The van der Waals surface area contributed by atoms with Crippen LogP contribution in [-0.4, -0.2) is 21.0 Å². The Morgan fingerprint density at radius 1 is 1.25 bits per heavy atom. The fourth-order valence-corrected chi connectivity index (χ4v) is 2.74. The molecule has 0 fully saturated rings. The molecule has 1 amide bonds. The molecule has 2 aromatic heterocycles. The van der Waals surface area contributed by atoms with Gasteiger partial charge in [-0.2, -0.15) is 4.98 Å². The van der Waals surface area contributed by atoms with Gasteiger partial charge in [-0.25, -0.2) is 0 Å². The number of fused-ring (bicyclic) bond motifs is 1. The van der Waals surface area contributed by atoms with Gasteiger partial charge in [0.1, 0.15) is 6.04 Å². The summed E-state index contributed by atoms with van der Waals surface area (Å²) >= 11 is 0. The molecule has 1 atom stereocenters. The summed E-state index contributed by atoms with van der Waals surface area (Å²) in [6, 6.07) is 7.34. The number of amides is 1. The Bertz CT molecular complexity index is 901. The highest BCUT2D eigenvalue weighted by molar-refractivity contribution is 6.06. The molecule has 124 valence electrons. The summed E-state index contributed by atoms with van der Waals surface area (Å²) < 4.78 is 5.20. The number of nitrogens with one attached hydrogen (secondary N) is 1. The highest BCUT2D eigenvalue weighted by atomic mass is 16.5. The third-order valence-electron chi connectivity index (χ3n) is 3.97. The molecular weight excluding hydrogens is 304 g/mol. The van der Waals surface area contributed by atoms with Gasteiger partial charge in [0, 0.05) is 11.1 Å². The summed E-state index contributed by atoms with van der Waals surface area (Å²) in [4.78, 5) is 21.6. The van der Waals surface area contributed by atoms with Crippen LogP contribution in [0.1, 0.15) is 52.7 Å². The zero-order valence-corrected chi connectivity index (χ0v) is 14.3. The normalized spacial score (nSPS) is 12.3. The summed E-state index contributed by atoms with van der Waals surface area (Å²) in [5.74, 6) is 0.812. The third-order valence-corrected chi connectivity index (χ3v) is 3.97. The Morgan fingerprint density at radius 3 is 2.71 bits per heavy atom. The van der Waals surface area contributed by atoms with Crippen molar-refractivity contribution >= 4 is 16.8 Å². The Balaban J connectivity index is 1.98. The first-order valence-corrected chi connectivity index (χ1v) is 7.97. The maximum atomic E-state index is 12.8. The quantitative estimate of drug-likeness (QED) is 0.795. The van der Waals surface area contributed by atoms with Crippen LogP contribution in [0.15, 0.2) is 28.8 Å². The van der Waals surface area contributed by atoms with Gasteiger partial charge in [0.15, 0.2) is 5.82 Å². The number of para-hydroxylation sites is 1. The summed E-state index contributed by atoms with van der Waals surface area (Å²) in [5, 5.41) is 7.62. The first-order chi connectivity index (χ1) is 11.5. The maximum absolute atomic E-state index is 12.8. The molecule has 0 aliphatic rings. The van der Waals surface area contributed by atoms with Gasteiger partial charge < -0.3 is 9.84 Å². The summed E-state index contributed by atoms with van der Waals surface area (Å²) in [6.07, 6.45) is 0.661. The van der Waals surface area contributed by atoms with Crippen LogP contribution in [0.2, 0.25) is 0 Å². The molecule has 0 aliphatic heterocycles. The summed E-state index contributed by atoms with van der Waals surface area (Å²) in [6.45, 7) is 7.60. The molecule has 3 rings (SSSR count). The molecule has 3 aromatic rings. The molecule has 2 heterocycles. The lowest BCUT2D eigenvalue weighted by Gasteiger charge is -2.15. The number of aromatic nitrogens is 3. The Kier molecular flexibility index (Phi) is 4.29. The van der Waals surface area contributed by atoms with Gasteiger partial charge in [0.05, 0.1) is 11.1 Å². The first kappa shape index (κ1) is 16.1. The second-order valence-electron chi connectivity index (χ2n) is 5.90. The molecule has 0 spiro atoms. The van der Waals surface area contributed by atoms with Gasteiger partial charge in [-0.1, -0.05) is 30.3 Å². The summed E-state index contributed by atoms with van der Waals surface area (Å²) in [5.41, 5.74) is 3.31. The van der Waals surface area contributed by atoms with Gasteiger partial charge >= 0.3 is 0 Å². The SMILES string of the molecule is CC[C@@H](NC(=O)c1cc(C)nc2c(C)cccc12)c1nc(C)no1. The number of hydrogen-bond donors (Lipinski definition) is 1. The Hall–Kier alpha value is -2.76. The molecular formula is C18H20N4O2. The molecule has 0 unspecified atom stereocenters. The van der Waals surface area contributed by atoms with Crippen LogP contribution >= 0.6 is 0 Å². The minimum absolute atomic E-state index is 0.168. The average Bonchev–Trinajstić information content (AvgIpc) is 2.99. The minimum atomic E-state index is -0.313. The van der Waals surface area contributed by atoms with Crippen molar-refractivity contribution in [1.82, 2.24) is 20.4 Å². The Labute approximate surface area is 140 Å². The molecule has 1 N–H and O–H groups in total. The first-order valence-electron chi connectivity index (χ1n) is 7.97. The van der Waals surface area contributed by atoms with E-state index >= 15 is 0 Å². The summed E-state index contributed by atoms with van der Waals surface area (Å²) in [7, 11) is 0. The standard InChI is InChI=1S/C18H20N4O2/c1-5-15(18-20-12(4)22-24-18)21-17(23)14-9-11(3)19-16-10(2)7-6-8-13(14)16/h6-9,15H,5H2,1-4H3,(H,21,23)/t15-/m1/s1. The van der Waals surface area contributed by atoms with Crippen molar-refractivity contribution in [3.63, 3.8) is 0 Å². The van der Waals surface area contributed by atoms with E-state index in [0.29, 0.717) is 23.7 Å². The molecule has 6 heteroatoms. The molecule has 0 aliphatic carbocycles. The average molecular weight is 324 g/mol. The topological polar surface area (TPSA) is 80.9 Å². The van der Waals surface area contributed by atoms with E-state index in [-0.39, 0.29) is 11.9 Å². The monoisotopic (exact) mass is 324 g/mol. The number of carbonyl (C=O) groups is 1. The lowest BCUT2D eigenvalue weighted by Crippen LogP contribution is -2.28. The van der Waals surface area contributed by atoms with E-state index in [1.165, 1.54) is 0 Å². The lowest BCUT2D eigenvalue weighted by atomic mass is 10.0. The number of nitrogens with zero attached hydrogens (tertiary/aromatic N) is 3. The molecule has 0 saturated carbocycles. The van der Waals surface area contributed by atoms with Crippen LogP contribution in [0.5, 0.6) is 0 Å². The van der Waals surface area contributed by atoms with E-state index < -0.39 is 0 Å². The zero-order chi connectivity index (χ0) is 17.3. The van der Waals surface area contributed by atoms with E-state index in [9.17, 15) is 4.79 Å². The fourth-order valence-electron chi connectivity index (χ4n) is 2.74. The largest absolute Gasteiger partial charge is 0.340 e. The minimum Gasteiger partial charge on any atom is -0.340 e. The number of rotatable bonds is 4. The van der Waals surface area contributed by atoms with Crippen molar-refractivity contribution in [1.29, 1.82) is 0 Å². The number of aryl methyl sites for hydroxylation is 3.